The summed E-state index contributed by atoms with van der Waals surface area (Å²) >= 11 is 0.830. The van der Waals surface area contributed by atoms with Gasteiger partial charge in [0.25, 0.3) is 5.91 Å². The number of esters is 1. The largest absolute Gasteiger partial charge is 0.461 e. The Kier molecular flexibility index (Phi) is 5.30. The molecule has 0 aliphatic carbocycles. The molecule has 0 unspecified atom stereocenters. The average molecular weight is 369 g/mol. The van der Waals surface area contributed by atoms with Gasteiger partial charge in [0.15, 0.2) is 14.8 Å². The Morgan fingerprint density at radius 3 is 2.67 bits per heavy atom. The van der Waals surface area contributed by atoms with E-state index >= 15 is 0 Å². The third-order valence-electron chi connectivity index (χ3n) is 3.07. The van der Waals surface area contributed by atoms with Crippen LogP contribution in [0.25, 0.3) is 0 Å². The molecule has 10 heteroatoms. The van der Waals surface area contributed by atoms with Crippen LogP contribution >= 0.6 is 11.5 Å². The Bertz CT molecular complexity index is 890. The number of nitrogens with zero attached hydrogens (tertiary/aromatic N) is 2. The number of anilines is 1. The predicted molar refractivity (Wildman–Crippen MR) is 88.1 cm³/mol. The molecule has 2 aromatic rings. The van der Waals surface area contributed by atoms with E-state index in [1.54, 1.807) is 19.9 Å². The second-order valence-corrected chi connectivity index (χ2v) is 7.64. The zero-order valence-electron chi connectivity index (χ0n) is 13.2. The molecule has 1 aromatic heterocycles. The number of carbonyl (C=O) groups is 2. The van der Waals surface area contributed by atoms with Crippen LogP contribution in [-0.2, 0) is 14.6 Å². The van der Waals surface area contributed by atoms with Gasteiger partial charge in [-0.2, -0.15) is 0 Å². The van der Waals surface area contributed by atoms with Crippen molar-refractivity contribution in [3.63, 3.8) is 0 Å². The summed E-state index contributed by atoms with van der Waals surface area (Å²) in [7, 11) is -3.44. The molecule has 1 heterocycles. The van der Waals surface area contributed by atoms with Gasteiger partial charge in [0.2, 0.25) is 5.69 Å². The maximum Gasteiger partial charge on any atom is 0.362 e. The number of nitrogens with one attached hydrogen (secondary N) is 1. The van der Waals surface area contributed by atoms with Gasteiger partial charge in [-0.3, -0.25) is 4.79 Å². The second kappa shape index (κ2) is 7.05. The van der Waals surface area contributed by atoms with Gasteiger partial charge in [-0.05, 0) is 31.5 Å². The van der Waals surface area contributed by atoms with Crippen LogP contribution in [0.1, 0.15) is 33.3 Å². The fourth-order valence-corrected chi connectivity index (χ4v) is 3.05. The zero-order chi connectivity index (χ0) is 17.9. The summed E-state index contributed by atoms with van der Waals surface area (Å²) in [6.45, 7) is 3.49. The van der Waals surface area contributed by atoms with Gasteiger partial charge in [-0.1, -0.05) is 10.6 Å². The van der Waals surface area contributed by atoms with E-state index in [-0.39, 0.29) is 27.8 Å². The van der Waals surface area contributed by atoms with Gasteiger partial charge in [0, 0.05) is 23.4 Å². The monoisotopic (exact) mass is 369 g/mol. The number of amides is 1. The van der Waals surface area contributed by atoms with E-state index in [1.807, 2.05) is 0 Å². The molecule has 0 aliphatic rings. The molecule has 0 radical (unpaired) electrons. The summed E-state index contributed by atoms with van der Waals surface area (Å²) in [4.78, 5) is 24.2. The molecule has 0 saturated heterocycles. The van der Waals surface area contributed by atoms with Crippen molar-refractivity contribution in [3.8, 4) is 0 Å². The van der Waals surface area contributed by atoms with E-state index in [1.165, 1.54) is 12.1 Å². The molecule has 0 atom stereocenters. The van der Waals surface area contributed by atoms with Gasteiger partial charge >= 0.3 is 5.97 Å². The Morgan fingerprint density at radius 1 is 1.33 bits per heavy atom. The maximum atomic E-state index is 12.4. The first-order valence-electron chi connectivity index (χ1n) is 6.85. The smallest absolute Gasteiger partial charge is 0.362 e. The minimum absolute atomic E-state index is 0.0336. The lowest BCUT2D eigenvalue weighted by molar-refractivity contribution is 0.0520. The second-order valence-electron chi connectivity index (χ2n) is 4.87. The average Bonchev–Trinajstić information content (AvgIpc) is 2.94. The van der Waals surface area contributed by atoms with Crippen LogP contribution in [0, 0.1) is 6.92 Å². The summed E-state index contributed by atoms with van der Waals surface area (Å²) in [5, 5.41) is 6.31. The third kappa shape index (κ3) is 3.95. The van der Waals surface area contributed by atoms with Crippen molar-refractivity contribution in [1.82, 2.24) is 9.59 Å². The highest BCUT2D eigenvalue weighted by molar-refractivity contribution is 7.90. The van der Waals surface area contributed by atoms with Gasteiger partial charge in [-0.25, -0.2) is 13.2 Å². The summed E-state index contributed by atoms with van der Waals surface area (Å²) in [6.07, 6.45) is 1.06. The number of ether oxygens (including phenoxy) is 1. The van der Waals surface area contributed by atoms with Crippen LogP contribution in [0.15, 0.2) is 23.1 Å². The summed E-state index contributed by atoms with van der Waals surface area (Å²) < 4.78 is 31.7. The fraction of sp³-hybridized carbons (Fsp3) is 0.286. The quantitative estimate of drug-likeness (QED) is 0.797. The Morgan fingerprint density at radius 2 is 2.04 bits per heavy atom. The van der Waals surface area contributed by atoms with E-state index < -0.39 is 21.7 Å². The van der Waals surface area contributed by atoms with Gasteiger partial charge in [-0.15, -0.1) is 5.10 Å². The molecule has 0 bridgehead atoms. The van der Waals surface area contributed by atoms with Crippen LogP contribution in [0.3, 0.4) is 0 Å². The molecule has 1 N–H and O–H groups in total. The molecule has 8 nitrogen and oxygen atoms in total. The summed E-state index contributed by atoms with van der Waals surface area (Å²) in [5.74, 6) is -1.25. The highest BCUT2D eigenvalue weighted by atomic mass is 32.2. The van der Waals surface area contributed by atoms with E-state index in [0.717, 1.165) is 17.8 Å². The van der Waals surface area contributed by atoms with Crippen molar-refractivity contribution in [3.05, 3.63) is 35.0 Å². The molecular weight excluding hydrogens is 354 g/mol. The first-order valence-corrected chi connectivity index (χ1v) is 9.52. The van der Waals surface area contributed by atoms with E-state index in [9.17, 15) is 18.0 Å². The molecule has 2 rings (SSSR count). The third-order valence-corrected chi connectivity index (χ3v) is 4.82. The fourth-order valence-electron chi connectivity index (χ4n) is 1.85. The van der Waals surface area contributed by atoms with Crippen molar-refractivity contribution < 1.29 is 22.7 Å². The predicted octanol–water partition coefficient (Wildman–Crippen LogP) is 1.68. The Labute approximate surface area is 142 Å². The molecule has 0 aliphatic heterocycles. The number of hydrogen-bond acceptors (Lipinski definition) is 8. The van der Waals surface area contributed by atoms with Crippen LogP contribution in [0.4, 0.5) is 5.00 Å². The minimum atomic E-state index is -3.44. The lowest BCUT2D eigenvalue weighted by Gasteiger charge is -2.08. The SMILES string of the molecule is CCOC(=O)c1nnsc1NC(=O)c1cc(S(C)(=O)=O)ccc1C. The van der Waals surface area contributed by atoms with Crippen molar-refractivity contribution >= 4 is 38.2 Å². The minimum Gasteiger partial charge on any atom is -0.461 e. The van der Waals surface area contributed by atoms with Gasteiger partial charge < -0.3 is 10.1 Å². The number of hydrogen-bond donors (Lipinski definition) is 1. The number of benzene rings is 1. The molecule has 0 spiro atoms. The van der Waals surface area contributed by atoms with Crippen LogP contribution in [0.2, 0.25) is 0 Å². The van der Waals surface area contributed by atoms with Gasteiger partial charge in [0.05, 0.1) is 11.5 Å². The van der Waals surface area contributed by atoms with Crippen LogP contribution < -0.4 is 5.32 Å². The number of sulfone groups is 1. The standard InChI is InChI=1S/C14H15N3O5S2/c1-4-22-14(19)11-13(23-17-16-11)15-12(18)10-7-9(24(3,20)21)6-5-8(10)2/h5-7H,4H2,1-3H3,(H,15,18). The van der Waals surface area contributed by atoms with Crippen LogP contribution in [0.5, 0.6) is 0 Å². The summed E-state index contributed by atoms with van der Waals surface area (Å²) in [5.41, 5.74) is 0.684. The molecule has 0 fully saturated rings. The lowest BCUT2D eigenvalue weighted by Crippen LogP contribution is -2.16. The number of carbonyl (C=O) groups excluding carboxylic acids is 2. The van der Waals surface area contributed by atoms with E-state index in [0.29, 0.717) is 5.56 Å². The summed E-state index contributed by atoms with van der Waals surface area (Å²) in [6, 6.07) is 4.26. The van der Waals surface area contributed by atoms with Crippen molar-refractivity contribution in [2.45, 2.75) is 18.7 Å². The lowest BCUT2D eigenvalue weighted by atomic mass is 10.1. The van der Waals surface area contributed by atoms with Gasteiger partial charge in [0.1, 0.15) is 0 Å². The highest BCUT2D eigenvalue weighted by Gasteiger charge is 2.21. The van der Waals surface area contributed by atoms with Crippen LogP contribution in [-0.4, -0.2) is 42.7 Å². The molecule has 24 heavy (non-hydrogen) atoms. The maximum absolute atomic E-state index is 12.4. The highest BCUT2D eigenvalue weighted by Crippen LogP contribution is 2.22. The molecule has 1 aromatic carbocycles. The molecule has 0 saturated carbocycles. The molecular formula is C14H15N3O5S2. The number of rotatable bonds is 5. The number of aryl methyl sites for hydroxylation is 1. The van der Waals surface area contributed by atoms with Crippen molar-refractivity contribution in [2.75, 3.05) is 18.2 Å². The Balaban J connectivity index is 2.32. The molecule has 128 valence electrons. The molecule has 1 amide bonds. The first-order chi connectivity index (χ1) is 11.2. The van der Waals surface area contributed by atoms with Crippen molar-refractivity contribution in [2.24, 2.45) is 0 Å². The number of aromatic nitrogens is 2. The van der Waals surface area contributed by atoms with Crippen molar-refractivity contribution in [1.29, 1.82) is 0 Å². The Hall–Kier alpha value is -2.33. The first kappa shape index (κ1) is 18.0. The zero-order valence-corrected chi connectivity index (χ0v) is 14.8. The topological polar surface area (TPSA) is 115 Å². The normalized spacial score (nSPS) is 11.1. The van der Waals surface area contributed by atoms with E-state index in [2.05, 4.69) is 14.9 Å². The van der Waals surface area contributed by atoms with E-state index in [4.69, 9.17) is 4.74 Å².